The molecule has 1 atom stereocenters. The van der Waals surface area contributed by atoms with E-state index in [-0.39, 0.29) is 10.9 Å². The van der Waals surface area contributed by atoms with Crippen molar-refractivity contribution in [2.24, 2.45) is 7.05 Å². The van der Waals surface area contributed by atoms with Gasteiger partial charge in [0, 0.05) is 19.5 Å². The molecule has 0 radical (unpaired) electrons. The van der Waals surface area contributed by atoms with Crippen LogP contribution < -0.4 is 4.72 Å². The highest BCUT2D eigenvalue weighted by atomic mass is 32.2. The Kier molecular flexibility index (Phi) is 4.54. The van der Waals surface area contributed by atoms with Crippen molar-refractivity contribution in [3.63, 3.8) is 0 Å². The zero-order valence-corrected chi connectivity index (χ0v) is 12.0. The third-order valence-corrected chi connectivity index (χ3v) is 4.66. The summed E-state index contributed by atoms with van der Waals surface area (Å²) in [5, 5.41) is 4.11. The molecule has 0 spiro atoms. The van der Waals surface area contributed by atoms with Crippen LogP contribution in [0.5, 0.6) is 0 Å². The third-order valence-electron chi connectivity index (χ3n) is 2.89. The summed E-state index contributed by atoms with van der Waals surface area (Å²) in [6.07, 6.45) is 6.26. The molecule has 0 aliphatic heterocycles. The number of nitrogens with zero attached hydrogens (tertiary/aromatic N) is 2. The van der Waals surface area contributed by atoms with Crippen LogP contribution in [0, 0.1) is 26.2 Å². The van der Waals surface area contributed by atoms with Crippen molar-refractivity contribution in [1.82, 2.24) is 14.5 Å². The Morgan fingerprint density at radius 2 is 2.11 bits per heavy atom. The Balaban J connectivity index is 3.11. The van der Waals surface area contributed by atoms with Crippen LogP contribution in [0.1, 0.15) is 31.2 Å². The maximum Gasteiger partial charge on any atom is 0.244 e. The van der Waals surface area contributed by atoms with Gasteiger partial charge in [-0.2, -0.15) is 5.10 Å². The van der Waals surface area contributed by atoms with E-state index in [1.165, 1.54) is 0 Å². The predicted molar refractivity (Wildman–Crippen MR) is 70.5 cm³/mol. The Morgan fingerprint density at radius 1 is 1.50 bits per heavy atom. The minimum absolute atomic E-state index is 0.237. The monoisotopic (exact) mass is 269 g/mol. The van der Waals surface area contributed by atoms with E-state index in [2.05, 4.69) is 15.7 Å². The summed E-state index contributed by atoms with van der Waals surface area (Å²) in [5.41, 5.74) is 1.12. The van der Waals surface area contributed by atoms with Crippen molar-refractivity contribution in [2.75, 3.05) is 0 Å². The molecule has 1 aromatic heterocycles. The summed E-state index contributed by atoms with van der Waals surface area (Å²) < 4.78 is 28.8. The van der Waals surface area contributed by atoms with E-state index < -0.39 is 10.0 Å². The summed E-state index contributed by atoms with van der Waals surface area (Å²) in [5.74, 6) is 2.48. The third kappa shape index (κ3) is 2.92. The van der Waals surface area contributed by atoms with Crippen molar-refractivity contribution in [2.45, 2.75) is 44.6 Å². The molecule has 0 fully saturated rings. The van der Waals surface area contributed by atoms with Crippen LogP contribution >= 0.6 is 0 Å². The highest BCUT2D eigenvalue weighted by molar-refractivity contribution is 7.89. The standard InChI is InChI=1S/C12H19N3O2S/c1-6-8-11(7-2)14-18(16,17)12-9(3)13-15(5)10(12)4/h1,11,14H,7-8H2,2-5H3. The molecule has 5 nitrogen and oxygen atoms in total. The molecule has 0 aliphatic carbocycles. The molecular formula is C12H19N3O2S. The molecule has 1 rings (SSSR count). The Labute approximate surface area is 109 Å². The fraction of sp³-hybridized carbons (Fsp3) is 0.583. The van der Waals surface area contributed by atoms with Gasteiger partial charge in [0.05, 0.1) is 11.4 Å². The molecule has 100 valence electrons. The number of aryl methyl sites for hydroxylation is 2. The Morgan fingerprint density at radius 3 is 2.50 bits per heavy atom. The first-order chi connectivity index (χ1) is 8.33. The zero-order valence-electron chi connectivity index (χ0n) is 11.2. The average molecular weight is 269 g/mol. The first kappa shape index (κ1) is 14.7. The van der Waals surface area contributed by atoms with Crippen LogP contribution in [-0.4, -0.2) is 24.2 Å². The quantitative estimate of drug-likeness (QED) is 0.815. The van der Waals surface area contributed by atoms with E-state index in [1.807, 2.05) is 6.92 Å². The maximum absolute atomic E-state index is 12.3. The van der Waals surface area contributed by atoms with Crippen LogP contribution in [0.25, 0.3) is 0 Å². The summed E-state index contributed by atoms with van der Waals surface area (Å²) in [6, 6.07) is -0.237. The van der Waals surface area contributed by atoms with Gasteiger partial charge in [0.25, 0.3) is 0 Å². The summed E-state index contributed by atoms with van der Waals surface area (Å²) in [6.45, 7) is 5.31. The van der Waals surface area contributed by atoms with Gasteiger partial charge in [-0.3, -0.25) is 4.68 Å². The fourth-order valence-corrected chi connectivity index (χ4v) is 3.59. The molecule has 0 saturated carbocycles. The topological polar surface area (TPSA) is 64.0 Å². The minimum atomic E-state index is -3.56. The fourth-order valence-electron chi connectivity index (χ4n) is 1.83. The van der Waals surface area contributed by atoms with Gasteiger partial charge in [0.2, 0.25) is 10.0 Å². The van der Waals surface area contributed by atoms with Gasteiger partial charge < -0.3 is 0 Å². The molecule has 0 saturated heterocycles. The SMILES string of the molecule is C#CCC(CC)NS(=O)(=O)c1c(C)nn(C)c1C. The van der Waals surface area contributed by atoms with Gasteiger partial charge in [-0.25, -0.2) is 13.1 Å². The van der Waals surface area contributed by atoms with E-state index in [9.17, 15) is 8.42 Å². The molecular weight excluding hydrogens is 250 g/mol. The van der Waals surface area contributed by atoms with Crippen LogP contribution in [0.2, 0.25) is 0 Å². The Bertz CT molecular complexity index is 567. The number of nitrogens with one attached hydrogen (secondary N) is 1. The molecule has 1 heterocycles. The number of aromatic nitrogens is 2. The summed E-state index contributed by atoms with van der Waals surface area (Å²) >= 11 is 0. The largest absolute Gasteiger partial charge is 0.271 e. The molecule has 0 aromatic carbocycles. The number of hydrogen-bond donors (Lipinski definition) is 1. The van der Waals surface area contributed by atoms with Crippen LogP contribution in [-0.2, 0) is 17.1 Å². The molecule has 1 aromatic rings. The zero-order chi connectivity index (χ0) is 13.9. The van der Waals surface area contributed by atoms with Gasteiger partial charge in [0.15, 0.2) is 0 Å². The van der Waals surface area contributed by atoms with E-state index >= 15 is 0 Å². The van der Waals surface area contributed by atoms with Crippen LogP contribution in [0.15, 0.2) is 4.90 Å². The van der Waals surface area contributed by atoms with Crippen molar-refractivity contribution in [3.8, 4) is 12.3 Å². The molecule has 0 bridgehead atoms. The van der Waals surface area contributed by atoms with Crippen LogP contribution in [0.3, 0.4) is 0 Å². The van der Waals surface area contributed by atoms with Gasteiger partial charge in [-0.05, 0) is 20.3 Å². The molecule has 0 aliphatic rings. The number of rotatable bonds is 5. The van der Waals surface area contributed by atoms with E-state index in [1.54, 1.807) is 25.6 Å². The second-order valence-corrected chi connectivity index (χ2v) is 5.91. The first-order valence-corrected chi connectivity index (χ1v) is 7.27. The lowest BCUT2D eigenvalue weighted by molar-refractivity contribution is 0.543. The first-order valence-electron chi connectivity index (χ1n) is 5.79. The van der Waals surface area contributed by atoms with E-state index in [4.69, 9.17) is 6.42 Å². The lowest BCUT2D eigenvalue weighted by Crippen LogP contribution is -2.34. The second kappa shape index (κ2) is 5.55. The molecule has 1 unspecified atom stereocenters. The van der Waals surface area contributed by atoms with Gasteiger partial charge in [-0.15, -0.1) is 12.3 Å². The van der Waals surface area contributed by atoms with Crippen molar-refractivity contribution < 1.29 is 8.42 Å². The highest BCUT2D eigenvalue weighted by Gasteiger charge is 2.25. The van der Waals surface area contributed by atoms with Crippen molar-refractivity contribution in [1.29, 1.82) is 0 Å². The lowest BCUT2D eigenvalue weighted by Gasteiger charge is -2.14. The van der Waals surface area contributed by atoms with E-state index in [0.29, 0.717) is 24.2 Å². The molecule has 0 amide bonds. The van der Waals surface area contributed by atoms with Gasteiger partial charge in [0.1, 0.15) is 4.90 Å². The molecule has 6 heteroatoms. The van der Waals surface area contributed by atoms with Crippen molar-refractivity contribution >= 4 is 10.0 Å². The summed E-state index contributed by atoms with van der Waals surface area (Å²) in [4.78, 5) is 0.250. The van der Waals surface area contributed by atoms with Gasteiger partial charge >= 0.3 is 0 Å². The Hall–Kier alpha value is -1.32. The van der Waals surface area contributed by atoms with Gasteiger partial charge in [-0.1, -0.05) is 6.92 Å². The smallest absolute Gasteiger partial charge is 0.244 e. The number of hydrogen-bond acceptors (Lipinski definition) is 3. The van der Waals surface area contributed by atoms with Crippen LogP contribution in [0.4, 0.5) is 0 Å². The predicted octanol–water partition coefficient (Wildman–Crippen LogP) is 1.12. The highest BCUT2D eigenvalue weighted by Crippen LogP contribution is 2.19. The number of sulfonamides is 1. The molecule has 1 N–H and O–H groups in total. The number of terminal acetylenes is 1. The molecule has 18 heavy (non-hydrogen) atoms. The van der Waals surface area contributed by atoms with E-state index in [0.717, 1.165) is 0 Å². The summed E-state index contributed by atoms with van der Waals surface area (Å²) in [7, 11) is -1.84. The normalized spacial score (nSPS) is 13.3. The minimum Gasteiger partial charge on any atom is -0.271 e. The van der Waals surface area contributed by atoms with Crippen molar-refractivity contribution in [3.05, 3.63) is 11.4 Å². The lowest BCUT2D eigenvalue weighted by atomic mass is 10.2. The average Bonchev–Trinajstić information content (AvgIpc) is 2.52. The maximum atomic E-state index is 12.3. The second-order valence-electron chi connectivity index (χ2n) is 4.26.